The van der Waals surface area contributed by atoms with E-state index in [0.717, 1.165) is 0 Å². The highest BCUT2D eigenvalue weighted by Crippen LogP contribution is 2.20. The number of nitrogens with one attached hydrogen (secondary N) is 1. The standard InChI is InChI=1S/C11H13FINO4S/c1-18-11(15)3-2-6-19(16,17)14-10-5-4-8(12)7-9(10)13/h4-5,7,14H,2-3,6H2,1H3. The molecule has 1 aromatic carbocycles. The molecular weight excluding hydrogens is 388 g/mol. The molecule has 0 aliphatic rings. The van der Waals surface area contributed by atoms with Gasteiger partial charge in [-0.05, 0) is 47.2 Å². The third kappa shape index (κ3) is 5.72. The van der Waals surface area contributed by atoms with E-state index in [-0.39, 0.29) is 18.6 Å². The molecule has 1 aromatic rings. The summed E-state index contributed by atoms with van der Waals surface area (Å²) in [7, 11) is -2.31. The Bertz CT molecular complexity index is 562. The van der Waals surface area contributed by atoms with Crippen LogP contribution in [0, 0.1) is 9.39 Å². The number of benzene rings is 1. The third-order valence-electron chi connectivity index (χ3n) is 2.22. The first-order valence-electron chi connectivity index (χ1n) is 5.36. The number of anilines is 1. The van der Waals surface area contributed by atoms with E-state index in [2.05, 4.69) is 9.46 Å². The zero-order valence-corrected chi connectivity index (χ0v) is 13.1. The second kappa shape index (κ2) is 7.04. The number of hydrogen-bond acceptors (Lipinski definition) is 4. The van der Waals surface area contributed by atoms with Crippen LogP contribution in [0.25, 0.3) is 0 Å². The van der Waals surface area contributed by atoms with E-state index in [9.17, 15) is 17.6 Å². The molecule has 1 rings (SSSR count). The average Bonchev–Trinajstić information content (AvgIpc) is 2.32. The number of carbonyl (C=O) groups excluding carboxylic acids is 1. The smallest absolute Gasteiger partial charge is 0.305 e. The Balaban J connectivity index is 2.61. The van der Waals surface area contributed by atoms with Gasteiger partial charge in [0.05, 0.1) is 18.6 Å². The Morgan fingerprint density at radius 1 is 1.47 bits per heavy atom. The topological polar surface area (TPSA) is 72.5 Å². The number of esters is 1. The van der Waals surface area contributed by atoms with Crippen LogP contribution in [0.5, 0.6) is 0 Å². The SMILES string of the molecule is COC(=O)CCCS(=O)(=O)Nc1ccc(F)cc1I. The van der Waals surface area contributed by atoms with Crippen molar-refractivity contribution in [2.24, 2.45) is 0 Å². The molecule has 19 heavy (non-hydrogen) atoms. The minimum Gasteiger partial charge on any atom is -0.469 e. The summed E-state index contributed by atoms with van der Waals surface area (Å²) in [5, 5.41) is 0. The van der Waals surface area contributed by atoms with Crippen molar-refractivity contribution < 1.29 is 22.3 Å². The number of carbonyl (C=O) groups is 1. The maximum atomic E-state index is 12.9. The summed E-state index contributed by atoms with van der Waals surface area (Å²) < 4.78 is 43.6. The highest BCUT2D eigenvalue weighted by atomic mass is 127. The maximum Gasteiger partial charge on any atom is 0.305 e. The summed E-state index contributed by atoms with van der Waals surface area (Å²) in [6, 6.07) is 3.76. The number of hydrogen-bond donors (Lipinski definition) is 1. The number of halogens is 2. The van der Waals surface area contributed by atoms with E-state index < -0.39 is 21.8 Å². The zero-order chi connectivity index (χ0) is 14.5. The molecule has 0 aromatic heterocycles. The first kappa shape index (κ1) is 16.2. The van der Waals surface area contributed by atoms with Crippen molar-refractivity contribution in [2.75, 3.05) is 17.6 Å². The van der Waals surface area contributed by atoms with Gasteiger partial charge in [0.15, 0.2) is 0 Å². The predicted molar refractivity (Wildman–Crippen MR) is 77.8 cm³/mol. The molecule has 0 heterocycles. The molecule has 5 nitrogen and oxygen atoms in total. The van der Waals surface area contributed by atoms with Gasteiger partial charge in [-0.1, -0.05) is 0 Å². The quantitative estimate of drug-likeness (QED) is 0.586. The summed E-state index contributed by atoms with van der Waals surface area (Å²) in [6.45, 7) is 0. The van der Waals surface area contributed by atoms with Crippen LogP contribution < -0.4 is 4.72 Å². The second-order valence-electron chi connectivity index (χ2n) is 3.72. The summed E-state index contributed by atoms with van der Waals surface area (Å²) >= 11 is 1.84. The molecule has 8 heteroatoms. The normalized spacial score (nSPS) is 11.1. The van der Waals surface area contributed by atoms with E-state index in [1.54, 1.807) is 0 Å². The zero-order valence-electron chi connectivity index (χ0n) is 10.2. The largest absolute Gasteiger partial charge is 0.469 e. The van der Waals surface area contributed by atoms with Crippen molar-refractivity contribution in [1.29, 1.82) is 0 Å². The van der Waals surface area contributed by atoms with Gasteiger partial charge in [-0.3, -0.25) is 9.52 Å². The van der Waals surface area contributed by atoms with Crippen molar-refractivity contribution in [3.05, 3.63) is 27.6 Å². The van der Waals surface area contributed by atoms with Gasteiger partial charge in [0.25, 0.3) is 0 Å². The van der Waals surface area contributed by atoms with Crippen LogP contribution in [0.2, 0.25) is 0 Å². The fourth-order valence-corrected chi connectivity index (χ4v) is 3.23. The van der Waals surface area contributed by atoms with Crippen molar-refractivity contribution in [1.82, 2.24) is 0 Å². The molecule has 0 unspecified atom stereocenters. The number of rotatable bonds is 6. The van der Waals surface area contributed by atoms with Gasteiger partial charge in [0, 0.05) is 9.99 Å². The maximum absolute atomic E-state index is 12.9. The van der Waals surface area contributed by atoms with Crippen LogP contribution in [-0.2, 0) is 19.6 Å². The first-order chi connectivity index (χ1) is 8.84. The molecule has 106 valence electrons. The number of sulfonamides is 1. The molecule has 0 atom stereocenters. The van der Waals surface area contributed by atoms with Crippen LogP contribution in [-0.4, -0.2) is 27.2 Å². The van der Waals surface area contributed by atoms with Crippen LogP contribution in [0.1, 0.15) is 12.8 Å². The van der Waals surface area contributed by atoms with Gasteiger partial charge in [-0.15, -0.1) is 0 Å². The summed E-state index contributed by atoms with van der Waals surface area (Å²) in [6.07, 6.45) is 0.206. The predicted octanol–water partition coefficient (Wildman–Crippen LogP) is 2.13. The lowest BCUT2D eigenvalue weighted by molar-refractivity contribution is -0.140. The van der Waals surface area contributed by atoms with E-state index in [4.69, 9.17) is 0 Å². The van der Waals surface area contributed by atoms with E-state index >= 15 is 0 Å². The fraction of sp³-hybridized carbons (Fsp3) is 0.364. The first-order valence-corrected chi connectivity index (χ1v) is 8.09. The van der Waals surface area contributed by atoms with Gasteiger partial charge < -0.3 is 4.74 Å². The monoisotopic (exact) mass is 401 g/mol. The Kier molecular flexibility index (Phi) is 5.98. The van der Waals surface area contributed by atoms with E-state index in [1.165, 1.54) is 25.3 Å². The molecule has 1 N–H and O–H groups in total. The van der Waals surface area contributed by atoms with Crippen LogP contribution >= 0.6 is 22.6 Å². The Labute approximate surface area is 124 Å². The molecule has 0 radical (unpaired) electrons. The second-order valence-corrected chi connectivity index (χ2v) is 6.73. The molecule has 0 amide bonds. The van der Waals surface area contributed by atoms with Crippen molar-refractivity contribution in [2.45, 2.75) is 12.8 Å². The van der Waals surface area contributed by atoms with Gasteiger partial charge >= 0.3 is 5.97 Å². The minimum atomic E-state index is -3.56. The van der Waals surface area contributed by atoms with Gasteiger partial charge in [0.1, 0.15) is 5.82 Å². The third-order valence-corrected chi connectivity index (χ3v) is 4.47. The number of methoxy groups -OCH3 is 1. The highest BCUT2D eigenvalue weighted by molar-refractivity contribution is 14.1. The van der Waals surface area contributed by atoms with E-state index in [1.807, 2.05) is 22.6 Å². The highest BCUT2D eigenvalue weighted by Gasteiger charge is 2.13. The summed E-state index contributed by atoms with van der Waals surface area (Å²) in [5.74, 6) is -1.08. The molecule has 0 bridgehead atoms. The van der Waals surface area contributed by atoms with Crippen molar-refractivity contribution in [3.63, 3.8) is 0 Å². The Morgan fingerprint density at radius 2 is 2.16 bits per heavy atom. The molecule has 0 saturated carbocycles. The average molecular weight is 401 g/mol. The van der Waals surface area contributed by atoms with Gasteiger partial charge in [-0.2, -0.15) is 0 Å². The summed E-state index contributed by atoms with van der Waals surface area (Å²) in [4.78, 5) is 10.9. The molecule has 0 spiro atoms. The van der Waals surface area contributed by atoms with Gasteiger partial charge in [0.2, 0.25) is 10.0 Å². The lowest BCUT2D eigenvalue weighted by Gasteiger charge is -2.09. The van der Waals surface area contributed by atoms with Crippen LogP contribution in [0.15, 0.2) is 18.2 Å². The van der Waals surface area contributed by atoms with Crippen molar-refractivity contribution >= 4 is 44.3 Å². The number of ether oxygens (including phenoxy) is 1. The van der Waals surface area contributed by atoms with Crippen LogP contribution in [0.3, 0.4) is 0 Å². The molecule has 0 aliphatic heterocycles. The van der Waals surface area contributed by atoms with E-state index in [0.29, 0.717) is 9.26 Å². The Hall–Kier alpha value is -0.900. The molecular formula is C11H13FINO4S. The molecule has 0 saturated heterocycles. The molecule has 0 fully saturated rings. The Morgan fingerprint density at radius 3 is 2.74 bits per heavy atom. The van der Waals surface area contributed by atoms with Crippen LogP contribution in [0.4, 0.5) is 10.1 Å². The van der Waals surface area contributed by atoms with Crippen molar-refractivity contribution in [3.8, 4) is 0 Å². The lowest BCUT2D eigenvalue weighted by atomic mass is 10.3. The molecule has 0 aliphatic carbocycles. The lowest BCUT2D eigenvalue weighted by Crippen LogP contribution is -2.18. The fourth-order valence-electron chi connectivity index (χ4n) is 1.30. The van der Waals surface area contributed by atoms with Gasteiger partial charge in [-0.25, -0.2) is 12.8 Å². The summed E-state index contributed by atoms with van der Waals surface area (Å²) in [5.41, 5.74) is 0.320. The minimum absolute atomic E-state index is 0.0396.